The maximum atomic E-state index is 11.2. The SMILES string of the molecule is [2H]/C(=C(/[2H])P(=O)(O)O)[C@H]1O[C@@H](C)[C@H](OC([2H])([2H])[2H])[C@@H]1OC(C)C. The average molecular weight is 285 g/mol. The molecule has 0 amide bonds. The Balaban J connectivity index is 3.19. The van der Waals surface area contributed by atoms with Gasteiger partial charge in [-0.3, -0.25) is 4.57 Å². The largest absolute Gasteiger partial charge is 0.376 e. The van der Waals surface area contributed by atoms with Crippen molar-refractivity contribution in [1.82, 2.24) is 0 Å². The fourth-order valence-electron chi connectivity index (χ4n) is 1.72. The Bertz CT molecular complexity index is 502. The molecule has 1 aliphatic heterocycles. The molecule has 1 saturated heterocycles. The van der Waals surface area contributed by atoms with Gasteiger partial charge in [0.2, 0.25) is 0 Å². The zero-order valence-corrected chi connectivity index (χ0v) is 11.3. The van der Waals surface area contributed by atoms with Crippen LogP contribution in [0.2, 0.25) is 0 Å². The molecule has 0 bridgehead atoms. The number of hydrogen-bond donors (Lipinski definition) is 2. The summed E-state index contributed by atoms with van der Waals surface area (Å²) in [6.45, 7) is 4.84. The van der Waals surface area contributed by atoms with Gasteiger partial charge in [0.1, 0.15) is 18.3 Å². The molecule has 18 heavy (non-hydrogen) atoms. The lowest BCUT2D eigenvalue weighted by atomic mass is 10.1. The van der Waals surface area contributed by atoms with Crippen LogP contribution >= 0.6 is 7.60 Å². The first-order valence-corrected chi connectivity index (χ1v) is 7.07. The molecule has 0 saturated carbocycles. The molecule has 0 aromatic carbocycles. The van der Waals surface area contributed by atoms with E-state index in [1.165, 1.54) is 6.92 Å². The summed E-state index contributed by atoms with van der Waals surface area (Å²) in [4.78, 5) is 18.1. The fraction of sp³-hybridized carbons (Fsp3) is 0.818. The summed E-state index contributed by atoms with van der Waals surface area (Å²) in [5.41, 5.74) is 0. The second-order valence-electron chi connectivity index (χ2n) is 4.29. The molecule has 0 spiro atoms. The van der Waals surface area contributed by atoms with E-state index < -0.39 is 50.9 Å². The molecule has 1 aliphatic rings. The van der Waals surface area contributed by atoms with E-state index in [0.717, 1.165) is 0 Å². The van der Waals surface area contributed by atoms with E-state index in [9.17, 15) is 4.57 Å². The number of ether oxygens (including phenoxy) is 3. The van der Waals surface area contributed by atoms with Crippen molar-refractivity contribution in [2.24, 2.45) is 0 Å². The van der Waals surface area contributed by atoms with E-state index >= 15 is 0 Å². The third-order valence-corrected chi connectivity index (χ3v) is 2.78. The highest BCUT2D eigenvalue weighted by Gasteiger charge is 2.43. The molecule has 4 atom stereocenters. The van der Waals surface area contributed by atoms with Crippen LogP contribution in [0.1, 0.15) is 27.6 Å². The van der Waals surface area contributed by atoms with Crippen LogP contribution in [0, 0.1) is 0 Å². The van der Waals surface area contributed by atoms with E-state index in [2.05, 4.69) is 0 Å². The van der Waals surface area contributed by atoms with Gasteiger partial charge in [0.05, 0.1) is 19.1 Å². The Morgan fingerprint density at radius 3 is 2.67 bits per heavy atom. The first-order valence-electron chi connectivity index (χ1n) is 7.96. The minimum absolute atomic E-state index is 0.379. The maximum absolute atomic E-state index is 11.2. The summed E-state index contributed by atoms with van der Waals surface area (Å²) in [5, 5.41) is 0. The van der Waals surface area contributed by atoms with E-state index in [-0.39, 0.29) is 6.10 Å². The van der Waals surface area contributed by atoms with Crippen molar-refractivity contribution >= 4 is 7.60 Å². The molecule has 6 nitrogen and oxygen atoms in total. The third-order valence-electron chi connectivity index (χ3n) is 2.36. The molecular weight excluding hydrogens is 259 g/mol. The predicted molar refractivity (Wildman–Crippen MR) is 66.3 cm³/mol. The second-order valence-corrected chi connectivity index (χ2v) is 5.61. The lowest BCUT2D eigenvalue weighted by Gasteiger charge is -2.23. The van der Waals surface area contributed by atoms with Gasteiger partial charge in [-0.1, -0.05) is 0 Å². The van der Waals surface area contributed by atoms with E-state index in [1.807, 2.05) is 0 Å². The molecular formula is C11H21O6P. The lowest BCUT2D eigenvalue weighted by molar-refractivity contribution is -0.0684. The first-order chi connectivity index (χ1) is 10.2. The fourth-order valence-corrected chi connectivity index (χ4v) is 2.01. The van der Waals surface area contributed by atoms with Crippen molar-refractivity contribution in [3.05, 3.63) is 11.8 Å². The van der Waals surface area contributed by atoms with Gasteiger partial charge in [0.15, 0.2) is 0 Å². The monoisotopic (exact) mass is 285 g/mol. The van der Waals surface area contributed by atoms with E-state index in [0.29, 0.717) is 0 Å². The van der Waals surface area contributed by atoms with Crippen molar-refractivity contribution < 1.29 is 35.4 Å². The Morgan fingerprint density at radius 1 is 1.50 bits per heavy atom. The zero-order chi connectivity index (χ0) is 18.2. The van der Waals surface area contributed by atoms with Crippen LogP contribution in [0.15, 0.2) is 11.8 Å². The number of rotatable bonds is 5. The molecule has 0 aliphatic carbocycles. The standard InChI is InChI=1S/C11H21O6P/c1-7(2)16-11-9(5-6-18(12,13)14)17-8(3)10(11)15-4/h5-11H,1-4H3,(H2,12,13,14)/b6-5+/t8-,9+,10-,11+/m0/s1/i4D3,5D,6D. The molecule has 106 valence electrons. The van der Waals surface area contributed by atoms with Crippen LogP contribution in [-0.2, 0) is 18.8 Å². The molecule has 0 aromatic rings. The zero-order valence-electron chi connectivity index (χ0n) is 15.4. The van der Waals surface area contributed by atoms with Crippen LogP contribution in [0.4, 0.5) is 0 Å². The summed E-state index contributed by atoms with van der Waals surface area (Å²) < 4.78 is 63.9. The van der Waals surface area contributed by atoms with Gasteiger partial charge in [0.25, 0.3) is 0 Å². The van der Waals surface area contributed by atoms with E-state index in [1.54, 1.807) is 13.8 Å². The molecule has 1 fully saturated rings. The van der Waals surface area contributed by atoms with Crippen LogP contribution in [0.5, 0.6) is 0 Å². The summed E-state index contributed by atoms with van der Waals surface area (Å²) in [6, 6.07) is -0.757. The van der Waals surface area contributed by atoms with Crippen LogP contribution < -0.4 is 0 Å². The third kappa shape index (κ3) is 4.46. The molecule has 1 rings (SSSR count). The Kier molecular flexibility index (Phi) is 3.36. The van der Waals surface area contributed by atoms with Gasteiger partial charge < -0.3 is 24.0 Å². The summed E-state index contributed by atoms with van der Waals surface area (Å²) in [7, 11) is -7.66. The first kappa shape index (κ1) is 9.64. The number of hydrogen-bond acceptors (Lipinski definition) is 4. The minimum Gasteiger partial charge on any atom is -0.376 e. The Labute approximate surface area is 114 Å². The summed E-state index contributed by atoms with van der Waals surface area (Å²) >= 11 is 0. The second kappa shape index (κ2) is 6.28. The highest BCUT2D eigenvalue weighted by Crippen LogP contribution is 2.37. The van der Waals surface area contributed by atoms with Gasteiger partial charge in [-0.05, 0) is 26.8 Å². The topological polar surface area (TPSA) is 85.2 Å². The molecule has 2 N–H and O–H groups in total. The summed E-state index contributed by atoms with van der Waals surface area (Å²) in [5.74, 6) is -1.19. The van der Waals surface area contributed by atoms with Crippen LogP contribution in [0.3, 0.4) is 0 Å². The normalized spacial score (nSPS) is 39.6. The van der Waals surface area contributed by atoms with Crippen LogP contribution in [-0.4, -0.2) is 47.3 Å². The van der Waals surface area contributed by atoms with Crippen molar-refractivity contribution in [3.63, 3.8) is 0 Å². The van der Waals surface area contributed by atoms with Crippen molar-refractivity contribution in [2.45, 2.75) is 51.3 Å². The number of methoxy groups -OCH3 is 1. The maximum Gasteiger partial charge on any atom is 0.348 e. The van der Waals surface area contributed by atoms with Gasteiger partial charge in [0, 0.05) is 12.8 Å². The van der Waals surface area contributed by atoms with Crippen LogP contribution in [0.25, 0.3) is 0 Å². The predicted octanol–water partition coefficient (Wildman–Crippen LogP) is 1.27. The van der Waals surface area contributed by atoms with Gasteiger partial charge in [-0.15, -0.1) is 0 Å². The highest BCUT2D eigenvalue weighted by molar-refractivity contribution is 7.55. The molecule has 0 unspecified atom stereocenters. The quantitative estimate of drug-likeness (QED) is 0.740. The molecule has 0 aromatic heterocycles. The van der Waals surface area contributed by atoms with Gasteiger partial charge in [-0.2, -0.15) is 0 Å². The van der Waals surface area contributed by atoms with Crippen molar-refractivity contribution in [3.8, 4) is 0 Å². The molecule has 7 heteroatoms. The highest BCUT2D eigenvalue weighted by atomic mass is 31.2. The molecule has 1 heterocycles. The Morgan fingerprint density at radius 2 is 2.17 bits per heavy atom. The summed E-state index contributed by atoms with van der Waals surface area (Å²) in [6.07, 6.45) is -4.63. The average Bonchev–Trinajstić information content (AvgIpc) is 2.62. The van der Waals surface area contributed by atoms with Crippen molar-refractivity contribution in [2.75, 3.05) is 7.04 Å². The van der Waals surface area contributed by atoms with E-state index in [4.69, 9.17) is 30.9 Å². The minimum atomic E-state index is -4.94. The molecule has 0 radical (unpaired) electrons. The van der Waals surface area contributed by atoms with Crippen molar-refractivity contribution in [1.29, 1.82) is 0 Å². The Hall–Kier alpha value is -0.230. The van der Waals surface area contributed by atoms with Gasteiger partial charge in [-0.25, -0.2) is 0 Å². The smallest absolute Gasteiger partial charge is 0.348 e. The lowest BCUT2D eigenvalue weighted by Crippen LogP contribution is -2.37. The van der Waals surface area contributed by atoms with Gasteiger partial charge >= 0.3 is 7.60 Å².